The molecule has 0 bridgehead atoms. The van der Waals surface area contributed by atoms with Crippen LogP contribution in [0.25, 0.3) is 11.6 Å². The molecule has 1 N–H and O–H groups in total. The van der Waals surface area contributed by atoms with Gasteiger partial charge in [-0.05, 0) is 35.9 Å². The molecule has 1 aliphatic rings. The second-order valence-electron chi connectivity index (χ2n) is 4.35. The van der Waals surface area contributed by atoms with E-state index in [9.17, 15) is 18.0 Å². The molecule has 2 nitrogen and oxygen atoms in total. The highest BCUT2D eigenvalue weighted by Gasteiger charge is 2.29. The maximum absolute atomic E-state index is 13.8. The Hall–Kier alpha value is -2.56. The van der Waals surface area contributed by atoms with Gasteiger partial charge in [0, 0.05) is 5.56 Å². The van der Waals surface area contributed by atoms with Gasteiger partial charge in [-0.2, -0.15) is 0 Å². The van der Waals surface area contributed by atoms with Gasteiger partial charge in [-0.3, -0.25) is 4.79 Å². The third kappa shape index (κ3) is 1.97. The van der Waals surface area contributed by atoms with Crippen molar-refractivity contribution in [1.82, 2.24) is 0 Å². The van der Waals surface area contributed by atoms with Gasteiger partial charge in [-0.1, -0.05) is 12.1 Å². The molecular formula is C15H8F3NO. The summed E-state index contributed by atoms with van der Waals surface area (Å²) in [6.07, 6.45) is 1.33. The van der Waals surface area contributed by atoms with E-state index in [2.05, 4.69) is 5.32 Å². The number of halogens is 3. The summed E-state index contributed by atoms with van der Waals surface area (Å²) in [4.78, 5) is 11.8. The predicted octanol–water partition coefficient (Wildman–Crippen LogP) is 3.60. The van der Waals surface area contributed by atoms with Gasteiger partial charge in [0.2, 0.25) is 0 Å². The van der Waals surface area contributed by atoms with Crippen LogP contribution in [0.3, 0.4) is 0 Å². The highest BCUT2D eigenvalue weighted by molar-refractivity contribution is 6.35. The number of anilines is 1. The lowest BCUT2D eigenvalue weighted by Gasteiger charge is -2.02. The summed E-state index contributed by atoms with van der Waals surface area (Å²) in [6, 6.07) is 7.73. The number of benzene rings is 2. The van der Waals surface area contributed by atoms with Gasteiger partial charge in [-0.15, -0.1) is 0 Å². The Bertz CT molecular complexity index is 753. The van der Waals surface area contributed by atoms with Crippen LogP contribution in [-0.4, -0.2) is 5.91 Å². The quantitative estimate of drug-likeness (QED) is 0.792. The lowest BCUT2D eigenvalue weighted by atomic mass is 10.0. The molecule has 0 fully saturated rings. The lowest BCUT2D eigenvalue weighted by Crippen LogP contribution is -2.03. The molecule has 100 valence electrons. The van der Waals surface area contributed by atoms with Gasteiger partial charge in [-0.25, -0.2) is 13.2 Å². The van der Waals surface area contributed by atoms with E-state index in [-0.39, 0.29) is 16.8 Å². The molecule has 0 aromatic heterocycles. The minimum Gasteiger partial charge on any atom is -0.321 e. The molecule has 0 spiro atoms. The van der Waals surface area contributed by atoms with Crippen molar-refractivity contribution >= 4 is 23.2 Å². The monoisotopic (exact) mass is 275 g/mol. The van der Waals surface area contributed by atoms with E-state index in [0.717, 1.165) is 6.07 Å². The molecule has 3 rings (SSSR count). The van der Waals surface area contributed by atoms with Crippen molar-refractivity contribution in [3.05, 3.63) is 65.0 Å². The van der Waals surface area contributed by atoms with Crippen LogP contribution in [0.1, 0.15) is 11.1 Å². The van der Waals surface area contributed by atoms with E-state index in [1.54, 1.807) is 6.07 Å². The minimum atomic E-state index is -1.09. The van der Waals surface area contributed by atoms with Gasteiger partial charge < -0.3 is 5.32 Å². The van der Waals surface area contributed by atoms with E-state index in [1.807, 2.05) is 0 Å². The molecule has 0 unspecified atom stereocenters. The summed E-state index contributed by atoms with van der Waals surface area (Å²) in [5.41, 5.74) is 0.449. The zero-order valence-corrected chi connectivity index (χ0v) is 10.1. The first-order chi connectivity index (χ1) is 9.56. The molecule has 5 heteroatoms. The average Bonchev–Trinajstić information content (AvgIpc) is 2.72. The largest absolute Gasteiger partial charge is 0.321 e. The van der Waals surface area contributed by atoms with Crippen molar-refractivity contribution in [2.24, 2.45) is 0 Å². The third-order valence-electron chi connectivity index (χ3n) is 3.02. The van der Waals surface area contributed by atoms with Gasteiger partial charge in [0.15, 0.2) is 11.6 Å². The van der Waals surface area contributed by atoms with E-state index in [1.165, 1.54) is 30.3 Å². The van der Waals surface area contributed by atoms with Crippen LogP contribution < -0.4 is 5.32 Å². The van der Waals surface area contributed by atoms with E-state index < -0.39 is 23.4 Å². The third-order valence-corrected chi connectivity index (χ3v) is 3.02. The number of carbonyl (C=O) groups excluding carboxylic acids is 1. The lowest BCUT2D eigenvalue weighted by molar-refractivity contribution is -0.110. The van der Waals surface area contributed by atoms with Crippen molar-refractivity contribution in [2.45, 2.75) is 0 Å². The number of fused-ring (bicyclic) bond motifs is 1. The van der Waals surface area contributed by atoms with Gasteiger partial charge in [0.25, 0.3) is 5.91 Å². The Morgan fingerprint density at radius 1 is 1.05 bits per heavy atom. The molecule has 0 saturated heterocycles. The smallest absolute Gasteiger partial charge is 0.256 e. The van der Waals surface area contributed by atoms with Gasteiger partial charge >= 0.3 is 0 Å². The van der Waals surface area contributed by atoms with Crippen LogP contribution in [0.15, 0.2) is 36.4 Å². The fourth-order valence-electron chi connectivity index (χ4n) is 2.12. The van der Waals surface area contributed by atoms with Crippen molar-refractivity contribution < 1.29 is 18.0 Å². The molecule has 20 heavy (non-hydrogen) atoms. The Balaban J connectivity index is 2.17. The van der Waals surface area contributed by atoms with E-state index in [4.69, 9.17) is 0 Å². The predicted molar refractivity (Wildman–Crippen MR) is 69.3 cm³/mol. The van der Waals surface area contributed by atoms with Crippen LogP contribution in [0, 0.1) is 17.5 Å². The number of amides is 1. The zero-order valence-electron chi connectivity index (χ0n) is 10.1. The SMILES string of the molecule is O=C1Nc2ccc(F)c(F)c2/C1=C/c1cccc(F)c1. The van der Waals surface area contributed by atoms with Gasteiger partial charge in [0.05, 0.1) is 11.3 Å². The molecule has 2 aromatic rings. The van der Waals surface area contributed by atoms with Crippen molar-refractivity contribution in [1.29, 1.82) is 0 Å². The fourth-order valence-corrected chi connectivity index (χ4v) is 2.12. The first-order valence-electron chi connectivity index (χ1n) is 5.83. The molecule has 1 amide bonds. The summed E-state index contributed by atoms with van der Waals surface area (Å²) in [6.45, 7) is 0. The summed E-state index contributed by atoms with van der Waals surface area (Å²) < 4.78 is 40.2. The number of carbonyl (C=O) groups is 1. The summed E-state index contributed by atoms with van der Waals surface area (Å²) in [5.74, 6) is -3.15. The number of nitrogens with one attached hydrogen (secondary N) is 1. The minimum absolute atomic E-state index is 0.0254. The van der Waals surface area contributed by atoms with Crippen LogP contribution in [-0.2, 0) is 4.79 Å². The van der Waals surface area contributed by atoms with Gasteiger partial charge in [0.1, 0.15) is 5.82 Å². The van der Waals surface area contributed by atoms with Crippen molar-refractivity contribution in [3.63, 3.8) is 0 Å². The van der Waals surface area contributed by atoms with Crippen LogP contribution >= 0.6 is 0 Å². The Kier molecular flexibility index (Phi) is 2.82. The molecule has 0 atom stereocenters. The Labute approximate surface area is 112 Å². The van der Waals surface area contributed by atoms with Crippen LogP contribution in [0.5, 0.6) is 0 Å². The standard InChI is InChI=1S/C15H8F3NO/c16-9-3-1-2-8(6-9)7-10-13-12(19-15(10)20)5-4-11(17)14(13)18/h1-7H,(H,19,20)/b10-7-. The zero-order chi connectivity index (χ0) is 14.3. The number of rotatable bonds is 1. The van der Waals surface area contributed by atoms with Crippen LogP contribution in [0.4, 0.5) is 18.9 Å². The fraction of sp³-hybridized carbons (Fsp3) is 0. The molecule has 0 saturated carbocycles. The topological polar surface area (TPSA) is 29.1 Å². The maximum Gasteiger partial charge on any atom is 0.256 e. The average molecular weight is 275 g/mol. The summed E-state index contributed by atoms with van der Waals surface area (Å²) in [5, 5.41) is 2.44. The first kappa shape index (κ1) is 12.5. The highest BCUT2D eigenvalue weighted by atomic mass is 19.2. The second kappa shape index (κ2) is 4.52. The summed E-state index contributed by atoms with van der Waals surface area (Å²) in [7, 11) is 0. The Morgan fingerprint density at radius 2 is 1.85 bits per heavy atom. The molecule has 1 aliphatic heterocycles. The highest BCUT2D eigenvalue weighted by Crippen LogP contribution is 2.36. The maximum atomic E-state index is 13.8. The van der Waals surface area contributed by atoms with Crippen molar-refractivity contribution in [3.8, 4) is 0 Å². The number of hydrogen-bond donors (Lipinski definition) is 1. The molecule has 1 heterocycles. The molecule has 2 aromatic carbocycles. The summed E-state index contributed by atoms with van der Waals surface area (Å²) >= 11 is 0. The molecular weight excluding hydrogens is 267 g/mol. The van der Waals surface area contributed by atoms with E-state index in [0.29, 0.717) is 5.56 Å². The normalized spacial score (nSPS) is 15.3. The van der Waals surface area contributed by atoms with Crippen molar-refractivity contribution in [2.75, 3.05) is 5.32 Å². The Morgan fingerprint density at radius 3 is 2.60 bits per heavy atom. The molecule has 0 radical (unpaired) electrons. The molecule has 0 aliphatic carbocycles. The van der Waals surface area contributed by atoms with E-state index >= 15 is 0 Å². The second-order valence-corrected chi connectivity index (χ2v) is 4.35. The number of hydrogen-bond acceptors (Lipinski definition) is 1. The first-order valence-corrected chi connectivity index (χ1v) is 5.83. The van der Waals surface area contributed by atoms with Crippen LogP contribution in [0.2, 0.25) is 0 Å².